The normalized spacial score (nSPS) is 11.6. The number of hydrogen-bond donors (Lipinski definition) is 3. The summed E-state index contributed by atoms with van der Waals surface area (Å²) >= 11 is 0. The molecular formula is C14H21N3O3. The number of likely N-dealkylation sites (N-methyl/N-ethyl adjacent to an activating group) is 1. The molecule has 0 saturated carbocycles. The molecule has 1 aromatic carbocycles. The average molecular weight is 279 g/mol. The molecule has 4 N–H and O–H groups in total. The highest BCUT2D eigenvalue weighted by Crippen LogP contribution is 2.11. The first-order valence-electron chi connectivity index (χ1n) is 6.55. The molecule has 1 unspecified atom stereocenters. The first-order chi connectivity index (χ1) is 9.56. The van der Waals surface area contributed by atoms with Crippen LogP contribution in [0.3, 0.4) is 0 Å². The molecule has 110 valence electrons. The maximum Gasteiger partial charge on any atom is 0.258 e. The minimum atomic E-state index is -0.578. The highest BCUT2D eigenvalue weighted by atomic mass is 16.5. The van der Waals surface area contributed by atoms with Crippen LogP contribution in [0.1, 0.15) is 19.4 Å². The number of nitrogens with one attached hydrogen (secondary N) is 2. The standard InChI is InChI=1S/C14H21N3O3/c1-3-16-14(19)10(2)17-13(18)9-20-12-6-4-11(8-15)5-7-12/h4-7,10H,3,8-9,15H2,1-2H3,(H,16,19)(H,17,18). The molecule has 1 aromatic rings. The Morgan fingerprint density at radius 3 is 2.50 bits per heavy atom. The molecule has 2 amide bonds. The number of hydrogen-bond acceptors (Lipinski definition) is 4. The molecule has 6 nitrogen and oxygen atoms in total. The van der Waals surface area contributed by atoms with E-state index >= 15 is 0 Å². The summed E-state index contributed by atoms with van der Waals surface area (Å²) in [5, 5.41) is 5.19. The predicted molar refractivity (Wildman–Crippen MR) is 76.1 cm³/mol. The van der Waals surface area contributed by atoms with Crippen LogP contribution in [0, 0.1) is 0 Å². The van der Waals surface area contributed by atoms with Gasteiger partial charge in [-0.3, -0.25) is 9.59 Å². The zero-order valence-corrected chi connectivity index (χ0v) is 11.8. The second-order valence-electron chi connectivity index (χ2n) is 4.32. The van der Waals surface area contributed by atoms with Crippen LogP contribution >= 0.6 is 0 Å². The van der Waals surface area contributed by atoms with Gasteiger partial charge in [0, 0.05) is 13.1 Å². The van der Waals surface area contributed by atoms with E-state index in [4.69, 9.17) is 10.5 Å². The van der Waals surface area contributed by atoms with Crippen LogP contribution < -0.4 is 21.1 Å². The molecule has 0 aliphatic carbocycles. The summed E-state index contributed by atoms with van der Waals surface area (Å²) in [5.41, 5.74) is 6.48. The summed E-state index contributed by atoms with van der Waals surface area (Å²) in [6, 6.07) is 6.60. The zero-order valence-electron chi connectivity index (χ0n) is 11.8. The summed E-state index contributed by atoms with van der Waals surface area (Å²) in [7, 11) is 0. The zero-order chi connectivity index (χ0) is 15.0. The van der Waals surface area contributed by atoms with E-state index in [0.717, 1.165) is 5.56 Å². The SMILES string of the molecule is CCNC(=O)C(C)NC(=O)COc1ccc(CN)cc1. The second-order valence-corrected chi connectivity index (χ2v) is 4.32. The predicted octanol–water partition coefficient (Wildman–Crippen LogP) is 0.165. The monoisotopic (exact) mass is 279 g/mol. The molecule has 20 heavy (non-hydrogen) atoms. The smallest absolute Gasteiger partial charge is 0.258 e. The molecule has 0 radical (unpaired) electrons. The molecule has 1 rings (SSSR count). The summed E-state index contributed by atoms with van der Waals surface area (Å²) in [6.07, 6.45) is 0. The van der Waals surface area contributed by atoms with E-state index in [1.54, 1.807) is 19.1 Å². The number of benzene rings is 1. The van der Waals surface area contributed by atoms with Gasteiger partial charge in [-0.1, -0.05) is 12.1 Å². The molecule has 1 atom stereocenters. The van der Waals surface area contributed by atoms with Gasteiger partial charge in [-0.15, -0.1) is 0 Å². The molecule has 6 heteroatoms. The molecule has 0 heterocycles. The van der Waals surface area contributed by atoms with Gasteiger partial charge in [0.2, 0.25) is 5.91 Å². The first kappa shape index (κ1) is 16.0. The van der Waals surface area contributed by atoms with Gasteiger partial charge in [0.15, 0.2) is 6.61 Å². The van der Waals surface area contributed by atoms with Crippen LogP contribution in [0.4, 0.5) is 0 Å². The van der Waals surface area contributed by atoms with Crippen LogP contribution in [0.15, 0.2) is 24.3 Å². The van der Waals surface area contributed by atoms with Crippen molar-refractivity contribution >= 4 is 11.8 Å². The van der Waals surface area contributed by atoms with E-state index in [-0.39, 0.29) is 18.4 Å². The van der Waals surface area contributed by atoms with E-state index < -0.39 is 6.04 Å². The lowest BCUT2D eigenvalue weighted by Crippen LogP contribution is -2.46. The highest BCUT2D eigenvalue weighted by molar-refractivity contribution is 5.87. The third-order valence-corrected chi connectivity index (χ3v) is 2.65. The number of nitrogens with two attached hydrogens (primary N) is 1. The van der Waals surface area contributed by atoms with Crippen molar-refractivity contribution in [2.75, 3.05) is 13.2 Å². The van der Waals surface area contributed by atoms with Crippen molar-refractivity contribution in [2.45, 2.75) is 26.4 Å². The third kappa shape index (κ3) is 5.27. The number of amides is 2. The highest BCUT2D eigenvalue weighted by Gasteiger charge is 2.14. The van der Waals surface area contributed by atoms with Crippen molar-refractivity contribution in [3.05, 3.63) is 29.8 Å². The second kappa shape index (κ2) is 8.16. The van der Waals surface area contributed by atoms with E-state index in [2.05, 4.69) is 10.6 Å². The van der Waals surface area contributed by atoms with Gasteiger partial charge in [-0.25, -0.2) is 0 Å². The fourth-order valence-corrected chi connectivity index (χ4v) is 1.55. The molecule has 0 saturated heterocycles. The topological polar surface area (TPSA) is 93.5 Å². The Kier molecular flexibility index (Phi) is 6.52. The van der Waals surface area contributed by atoms with Crippen LogP contribution in [0.5, 0.6) is 5.75 Å². The third-order valence-electron chi connectivity index (χ3n) is 2.65. The largest absolute Gasteiger partial charge is 0.484 e. The van der Waals surface area contributed by atoms with Crippen molar-refractivity contribution in [1.82, 2.24) is 10.6 Å². The summed E-state index contributed by atoms with van der Waals surface area (Å²) < 4.78 is 5.32. The van der Waals surface area contributed by atoms with Crippen molar-refractivity contribution in [1.29, 1.82) is 0 Å². The maximum absolute atomic E-state index is 11.6. The fourth-order valence-electron chi connectivity index (χ4n) is 1.55. The maximum atomic E-state index is 11.6. The first-order valence-corrected chi connectivity index (χ1v) is 6.55. The van der Waals surface area contributed by atoms with E-state index in [0.29, 0.717) is 18.8 Å². The Bertz CT molecular complexity index is 445. The Balaban J connectivity index is 2.37. The van der Waals surface area contributed by atoms with Crippen LogP contribution in [-0.2, 0) is 16.1 Å². The Labute approximate surface area is 118 Å². The minimum absolute atomic E-state index is 0.133. The van der Waals surface area contributed by atoms with Gasteiger partial charge in [-0.05, 0) is 31.5 Å². The van der Waals surface area contributed by atoms with Crippen molar-refractivity contribution in [3.63, 3.8) is 0 Å². The summed E-state index contributed by atoms with van der Waals surface area (Å²) in [4.78, 5) is 23.1. The number of carbonyl (C=O) groups is 2. The minimum Gasteiger partial charge on any atom is -0.484 e. The van der Waals surface area contributed by atoms with Crippen LogP contribution in [0.25, 0.3) is 0 Å². The molecule has 0 aliphatic heterocycles. The molecular weight excluding hydrogens is 258 g/mol. The van der Waals surface area contributed by atoms with E-state index in [9.17, 15) is 9.59 Å². The number of ether oxygens (including phenoxy) is 1. The number of carbonyl (C=O) groups excluding carboxylic acids is 2. The van der Waals surface area contributed by atoms with Gasteiger partial charge >= 0.3 is 0 Å². The van der Waals surface area contributed by atoms with Crippen LogP contribution in [0.2, 0.25) is 0 Å². The van der Waals surface area contributed by atoms with Crippen LogP contribution in [-0.4, -0.2) is 31.0 Å². The summed E-state index contributed by atoms with van der Waals surface area (Å²) in [5.74, 6) is 0.0304. The molecule has 0 spiro atoms. The van der Waals surface area contributed by atoms with E-state index in [1.807, 2.05) is 19.1 Å². The molecule has 0 aromatic heterocycles. The molecule has 0 bridgehead atoms. The van der Waals surface area contributed by atoms with Crippen molar-refractivity contribution in [3.8, 4) is 5.75 Å². The van der Waals surface area contributed by atoms with Gasteiger partial charge in [0.05, 0.1) is 0 Å². The lowest BCUT2D eigenvalue weighted by atomic mass is 10.2. The summed E-state index contributed by atoms with van der Waals surface area (Å²) in [6.45, 7) is 4.30. The van der Waals surface area contributed by atoms with E-state index in [1.165, 1.54) is 0 Å². The fraction of sp³-hybridized carbons (Fsp3) is 0.429. The lowest BCUT2D eigenvalue weighted by molar-refractivity contribution is -0.129. The Morgan fingerprint density at radius 2 is 1.95 bits per heavy atom. The molecule has 0 aliphatic rings. The average Bonchev–Trinajstić information content (AvgIpc) is 2.45. The Hall–Kier alpha value is -2.08. The van der Waals surface area contributed by atoms with Gasteiger partial charge in [-0.2, -0.15) is 0 Å². The lowest BCUT2D eigenvalue weighted by Gasteiger charge is -2.13. The van der Waals surface area contributed by atoms with Gasteiger partial charge in [0.25, 0.3) is 5.91 Å². The van der Waals surface area contributed by atoms with Gasteiger partial charge < -0.3 is 21.1 Å². The van der Waals surface area contributed by atoms with Crippen molar-refractivity contribution in [2.24, 2.45) is 5.73 Å². The quantitative estimate of drug-likeness (QED) is 0.663. The van der Waals surface area contributed by atoms with Gasteiger partial charge in [0.1, 0.15) is 11.8 Å². The number of rotatable bonds is 7. The molecule has 0 fully saturated rings. The van der Waals surface area contributed by atoms with Crippen molar-refractivity contribution < 1.29 is 14.3 Å². The Morgan fingerprint density at radius 1 is 1.30 bits per heavy atom.